The van der Waals surface area contributed by atoms with E-state index in [9.17, 15) is 24.8 Å². The number of amides is 1. The second kappa shape index (κ2) is 10.5. The van der Waals surface area contributed by atoms with Gasteiger partial charge >= 0.3 is 0 Å². The maximum absolute atomic E-state index is 12.5. The molecule has 4 rings (SSSR count). The minimum Gasteiger partial charge on any atom is -0.508 e. The van der Waals surface area contributed by atoms with Crippen molar-refractivity contribution in [1.82, 2.24) is 9.97 Å². The number of nitriles is 1. The van der Waals surface area contributed by atoms with Gasteiger partial charge in [0.1, 0.15) is 17.4 Å². The number of ketones is 1. The van der Waals surface area contributed by atoms with Gasteiger partial charge < -0.3 is 15.7 Å². The van der Waals surface area contributed by atoms with Crippen molar-refractivity contribution in [2.75, 3.05) is 10.6 Å². The topological polar surface area (TPSA) is 148 Å². The summed E-state index contributed by atoms with van der Waals surface area (Å²) in [6.07, 6.45) is -0.139. The zero-order valence-corrected chi connectivity index (χ0v) is 19.3. The van der Waals surface area contributed by atoms with Crippen LogP contribution in [0.15, 0.2) is 77.6 Å². The van der Waals surface area contributed by atoms with E-state index < -0.39 is 17.2 Å². The molecule has 3 aromatic carbocycles. The molecular weight excluding hydrogens is 482 g/mol. The standard InChI is InChI=1S/C26H18ClN5O4/c27-17-6-8-18(9-7-17)30-26-31-23(21(14-28)24(35)32-26)16-2-1-3-19(13-16)29-25(36)22(34)12-15-4-10-20(33)11-5-15/h1-11,13,33H,12H2,(H,29,36)(H2,30,31,32,35). The molecule has 9 nitrogen and oxygen atoms in total. The number of rotatable bonds is 7. The number of nitrogens with one attached hydrogen (secondary N) is 3. The number of H-pyrrole nitrogens is 1. The van der Waals surface area contributed by atoms with Gasteiger partial charge in [-0.15, -0.1) is 0 Å². The Labute approximate surface area is 210 Å². The van der Waals surface area contributed by atoms with Crippen LogP contribution in [0.4, 0.5) is 17.3 Å². The molecule has 4 aromatic rings. The van der Waals surface area contributed by atoms with Crippen molar-refractivity contribution < 1.29 is 14.7 Å². The molecule has 0 aliphatic heterocycles. The summed E-state index contributed by atoms with van der Waals surface area (Å²) in [5.74, 6) is -1.34. The van der Waals surface area contributed by atoms with E-state index in [4.69, 9.17) is 11.6 Å². The largest absolute Gasteiger partial charge is 0.508 e. The highest BCUT2D eigenvalue weighted by Gasteiger charge is 2.17. The van der Waals surface area contributed by atoms with Gasteiger partial charge in [-0.3, -0.25) is 19.4 Å². The van der Waals surface area contributed by atoms with E-state index in [1.54, 1.807) is 54.6 Å². The number of phenolic OH excluding ortho intramolecular Hbond substituents is 1. The lowest BCUT2D eigenvalue weighted by molar-refractivity contribution is -0.134. The number of halogens is 1. The molecule has 0 fully saturated rings. The van der Waals surface area contributed by atoms with Crippen LogP contribution in [0.1, 0.15) is 11.1 Å². The lowest BCUT2D eigenvalue weighted by Gasteiger charge is -2.10. The minimum absolute atomic E-state index is 0.0593. The zero-order chi connectivity index (χ0) is 25.7. The van der Waals surface area contributed by atoms with Gasteiger partial charge in [-0.05, 0) is 54.1 Å². The number of aromatic nitrogens is 2. The second-order valence-corrected chi connectivity index (χ2v) is 8.12. The molecule has 0 saturated heterocycles. The summed E-state index contributed by atoms with van der Waals surface area (Å²) < 4.78 is 0. The summed E-state index contributed by atoms with van der Waals surface area (Å²) in [5, 5.41) is 24.9. The molecule has 1 aromatic heterocycles. The zero-order valence-electron chi connectivity index (χ0n) is 18.6. The fourth-order valence-electron chi connectivity index (χ4n) is 3.34. The van der Waals surface area contributed by atoms with E-state index in [1.807, 2.05) is 6.07 Å². The van der Waals surface area contributed by atoms with Gasteiger partial charge in [-0.1, -0.05) is 35.9 Å². The predicted molar refractivity (Wildman–Crippen MR) is 135 cm³/mol. The van der Waals surface area contributed by atoms with Crippen LogP contribution in [0.3, 0.4) is 0 Å². The fraction of sp³-hybridized carbons (Fsp3) is 0.0385. The number of carbonyl (C=O) groups is 2. The molecule has 178 valence electrons. The molecule has 0 aliphatic carbocycles. The Morgan fingerprint density at radius 2 is 1.75 bits per heavy atom. The molecule has 0 bridgehead atoms. The summed E-state index contributed by atoms with van der Waals surface area (Å²) in [7, 11) is 0. The number of Topliss-reactive ketones (excluding diaryl/α,β-unsaturated/α-hetero) is 1. The Morgan fingerprint density at radius 1 is 1.03 bits per heavy atom. The highest BCUT2D eigenvalue weighted by molar-refractivity contribution is 6.41. The van der Waals surface area contributed by atoms with E-state index in [2.05, 4.69) is 20.6 Å². The molecule has 0 unspecified atom stereocenters. The Morgan fingerprint density at radius 3 is 2.44 bits per heavy atom. The van der Waals surface area contributed by atoms with E-state index >= 15 is 0 Å². The van der Waals surface area contributed by atoms with Crippen LogP contribution in [0.5, 0.6) is 5.75 Å². The third-order valence-corrected chi connectivity index (χ3v) is 5.34. The van der Waals surface area contributed by atoms with E-state index in [0.717, 1.165) is 0 Å². The van der Waals surface area contributed by atoms with Crippen molar-refractivity contribution in [1.29, 1.82) is 5.26 Å². The average molecular weight is 500 g/mol. The second-order valence-electron chi connectivity index (χ2n) is 7.68. The van der Waals surface area contributed by atoms with Crippen LogP contribution in [-0.2, 0) is 16.0 Å². The van der Waals surface area contributed by atoms with Crippen molar-refractivity contribution >= 4 is 40.6 Å². The summed E-state index contributed by atoms with van der Waals surface area (Å²) in [4.78, 5) is 44.2. The highest BCUT2D eigenvalue weighted by atomic mass is 35.5. The number of aromatic amines is 1. The van der Waals surface area contributed by atoms with Gasteiger partial charge in [0.15, 0.2) is 0 Å². The van der Waals surface area contributed by atoms with Crippen molar-refractivity contribution in [3.8, 4) is 23.1 Å². The molecule has 0 atom stereocenters. The molecule has 0 radical (unpaired) electrons. The number of hydrogen-bond acceptors (Lipinski definition) is 7. The van der Waals surface area contributed by atoms with Gasteiger partial charge in [0.2, 0.25) is 11.7 Å². The predicted octanol–water partition coefficient (Wildman–Crippen LogP) is 4.16. The molecule has 10 heteroatoms. The Kier molecular flexibility index (Phi) is 7.09. The van der Waals surface area contributed by atoms with E-state index in [1.165, 1.54) is 18.2 Å². The number of hydrogen-bond donors (Lipinski definition) is 4. The number of phenols is 1. The summed E-state index contributed by atoms with van der Waals surface area (Å²) in [6, 6.07) is 20.9. The van der Waals surface area contributed by atoms with Crippen molar-refractivity contribution in [2.24, 2.45) is 0 Å². The van der Waals surface area contributed by atoms with Gasteiger partial charge in [0, 0.05) is 28.4 Å². The third-order valence-electron chi connectivity index (χ3n) is 5.09. The SMILES string of the molecule is N#Cc1c(-c2cccc(NC(=O)C(=O)Cc3ccc(O)cc3)c2)nc(Nc2ccc(Cl)cc2)[nH]c1=O. The first-order valence-electron chi connectivity index (χ1n) is 10.6. The molecule has 0 aliphatic rings. The molecule has 36 heavy (non-hydrogen) atoms. The van der Waals surface area contributed by atoms with E-state index in [0.29, 0.717) is 21.8 Å². The first kappa shape index (κ1) is 24.2. The van der Waals surface area contributed by atoms with Crippen molar-refractivity contribution in [3.63, 3.8) is 0 Å². The lowest BCUT2D eigenvalue weighted by Crippen LogP contribution is -2.24. The molecule has 0 spiro atoms. The Hall–Kier alpha value is -4.94. The Balaban J connectivity index is 1.57. The average Bonchev–Trinajstić information content (AvgIpc) is 2.86. The summed E-state index contributed by atoms with van der Waals surface area (Å²) in [5.41, 5.74) is 1.13. The maximum atomic E-state index is 12.5. The van der Waals surface area contributed by atoms with Crippen LogP contribution in [0.2, 0.25) is 5.02 Å². The number of aromatic hydroxyl groups is 1. The normalized spacial score (nSPS) is 10.3. The minimum atomic E-state index is -0.829. The molecule has 1 heterocycles. The van der Waals surface area contributed by atoms with Crippen LogP contribution < -0.4 is 16.2 Å². The highest BCUT2D eigenvalue weighted by Crippen LogP contribution is 2.25. The first-order valence-corrected chi connectivity index (χ1v) is 11.0. The molecule has 4 N–H and O–H groups in total. The lowest BCUT2D eigenvalue weighted by atomic mass is 10.1. The van der Waals surface area contributed by atoms with Crippen molar-refractivity contribution in [3.05, 3.63) is 99.3 Å². The molecule has 0 saturated carbocycles. The van der Waals surface area contributed by atoms with Gasteiger partial charge in [0.05, 0.1) is 5.69 Å². The van der Waals surface area contributed by atoms with Gasteiger partial charge in [0.25, 0.3) is 11.5 Å². The molecular formula is C26H18ClN5O4. The number of benzene rings is 3. The third kappa shape index (κ3) is 5.75. The quantitative estimate of drug-likeness (QED) is 0.279. The monoisotopic (exact) mass is 499 g/mol. The van der Waals surface area contributed by atoms with Crippen LogP contribution in [-0.4, -0.2) is 26.8 Å². The van der Waals surface area contributed by atoms with Crippen LogP contribution >= 0.6 is 11.6 Å². The first-order chi connectivity index (χ1) is 17.3. The smallest absolute Gasteiger partial charge is 0.292 e. The maximum Gasteiger partial charge on any atom is 0.292 e. The van der Waals surface area contributed by atoms with Gasteiger partial charge in [-0.2, -0.15) is 5.26 Å². The van der Waals surface area contributed by atoms with Gasteiger partial charge in [-0.25, -0.2) is 4.98 Å². The van der Waals surface area contributed by atoms with Crippen molar-refractivity contribution in [2.45, 2.75) is 6.42 Å². The van der Waals surface area contributed by atoms with Crippen LogP contribution in [0.25, 0.3) is 11.3 Å². The molecule has 1 amide bonds. The number of anilines is 3. The fourth-order valence-corrected chi connectivity index (χ4v) is 3.47. The van der Waals surface area contributed by atoms with E-state index in [-0.39, 0.29) is 35.1 Å². The Bertz CT molecular complexity index is 1540. The summed E-state index contributed by atoms with van der Waals surface area (Å²) in [6.45, 7) is 0. The number of nitrogens with zero attached hydrogens (tertiary/aromatic N) is 2. The summed E-state index contributed by atoms with van der Waals surface area (Å²) >= 11 is 5.90. The van der Waals surface area contributed by atoms with Crippen LogP contribution in [0, 0.1) is 11.3 Å². The number of carbonyl (C=O) groups excluding carboxylic acids is 2.